The second-order valence-corrected chi connectivity index (χ2v) is 7.25. The summed E-state index contributed by atoms with van der Waals surface area (Å²) in [7, 11) is 0. The summed E-state index contributed by atoms with van der Waals surface area (Å²) in [5.74, 6) is 1.91. The molecular weight excluding hydrogens is 236 g/mol. The van der Waals surface area contributed by atoms with Gasteiger partial charge in [0.05, 0.1) is 0 Å². The Bertz CT molecular complexity index is 275. The summed E-state index contributed by atoms with van der Waals surface area (Å²) in [6.45, 7) is 10.2. The van der Waals surface area contributed by atoms with E-state index >= 15 is 0 Å². The third-order valence-corrected chi connectivity index (χ3v) is 4.54. The average molecular weight is 268 g/mol. The smallest absolute Gasteiger partial charge is 0.303 e. The van der Waals surface area contributed by atoms with Crippen LogP contribution in [-0.4, -0.2) is 11.6 Å². The zero-order valence-corrected chi connectivity index (χ0v) is 13.5. The monoisotopic (exact) mass is 268 g/mol. The van der Waals surface area contributed by atoms with Crippen LogP contribution in [0.4, 0.5) is 0 Å². The summed E-state index contributed by atoms with van der Waals surface area (Å²) >= 11 is 0. The number of hydrogen-bond acceptors (Lipinski definition) is 2. The first-order valence-corrected chi connectivity index (χ1v) is 8.01. The number of hydrogen-bond donors (Lipinski definition) is 0. The predicted molar refractivity (Wildman–Crippen MR) is 80.0 cm³/mol. The van der Waals surface area contributed by atoms with E-state index in [9.17, 15) is 4.79 Å². The lowest BCUT2D eigenvalue weighted by molar-refractivity contribution is -0.160. The van der Waals surface area contributed by atoms with Gasteiger partial charge in [0, 0.05) is 6.92 Å². The molecule has 1 aliphatic rings. The highest BCUT2D eigenvalue weighted by Gasteiger charge is 2.33. The maximum absolute atomic E-state index is 11.3. The highest BCUT2D eigenvalue weighted by Crippen LogP contribution is 2.36. The van der Waals surface area contributed by atoms with Gasteiger partial charge in [-0.1, -0.05) is 46.0 Å². The van der Waals surface area contributed by atoms with Gasteiger partial charge in [0.2, 0.25) is 0 Å². The zero-order valence-electron chi connectivity index (χ0n) is 13.5. The van der Waals surface area contributed by atoms with Gasteiger partial charge in [-0.2, -0.15) is 0 Å². The second kappa shape index (κ2) is 7.31. The molecule has 0 aromatic carbocycles. The van der Waals surface area contributed by atoms with Crippen LogP contribution < -0.4 is 0 Å². The lowest BCUT2D eigenvalue weighted by Crippen LogP contribution is -2.37. The van der Waals surface area contributed by atoms with Crippen LogP contribution in [0, 0.1) is 17.8 Å². The molecule has 0 aromatic rings. The predicted octanol–water partition coefficient (Wildman–Crippen LogP) is 4.96. The number of esters is 1. The Kier molecular flexibility index (Phi) is 6.35. The van der Waals surface area contributed by atoms with Gasteiger partial charge in [-0.15, -0.1) is 0 Å². The fraction of sp³-hybridized carbons (Fsp3) is 0.941. The number of rotatable bonds is 7. The Labute approximate surface area is 119 Å². The van der Waals surface area contributed by atoms with E-state index in [0.29, 0.717) is 11.8 Å². The molecule has 0 N–H and O–H groups in total. The molecule has 1 fully saturated rings. The topological polar surface area (TPSA) is 26.3 Å². The van der Waals surface area contributed by atoms with E-state index < -0.39 is 0 Å². The molecule has 0 heterocycles. The van der Waals surface area contributed by atoms with E-state index in [4.69, 9.17) is 4.74 Å². The van der Waals surface area contributed by atoms with Crippen molar-refractivity contribution in [3.8, 4) is 0 Å². The number of ether oxygens (including phenoxy) is 1. The first-order valence-electron chi connectivity index (χ1n) is 8.01. The maximum Gasteiger partial charge on any atom is 0.303 e. The van der Waals surface area contributed by atoms with E-state index in [1.54, 1.807) is 0 Å². The van der Waals surface area contributed by atoms with Crippen molar-refractivity contribution in [3.63, 3.8) is 0 Å². The summed E-state index contributed by atoms with van der Waals surface area (Å²) in [5.41, 5.74) is -0.325. The molecule has 0 amide bonds. The fourth-order valence-corrected chi connectivity index (χ4v) is 3.51. The van der Waals surface area contributed by atoms with Gasteiger partial charge in [-0.05, 0) is 44.4 Å². The van der Waals surface area contributed by atoms with E-state index in [1.165, 1.54) is 45.4 Å². The molecule has 1 unspecified atom stereocenters. The minimum Gasteiger partial charge on any atom is -0.460 e. The second-order valence-electron chi connectivity index (χ2n) is 7.25. The maximum atomic E-state index is 11.3. The minimum absolute atomic E-state index is 0.153. The molecule has 0 saturated heterocycles. The Balaban J connectivity index is 2.56. The van der Waals surface area contributed by atoms with Crippen LogP contribution in [0.1, 0.15) is 79.6 Å². The first kappa shape index (κ1) is 16.5. The van der Waals surface area contributed by atoms with Crippen molar-refractivity contribution in [3.05, 3.63) is 0 Å². The third-order valence-electron chi connectivity index (χ3n) is 4.54. The number of carbonyl (C=O) groups is 1. The van der Waals surface area contributed by atoms with Gasteiger partial charge in [-0.25, -0.2) is 0 Å². The van der Waals surface area contributed by atoms with Crippen molar-refractivity contribution in [2.45, 2.75) is 85.2 Å². The lowest BCUT2D eigenvalue weighted by Gasteiger charge is -2.35. The van der Waals surface area contributed by atoms with Crippen molar-refractivity contribution >= 4 is 5.97 Å². The summed E-state index contributed by atoms with van der Waals surface area (Å²) in [6.07, 6.45) is 9.28. The lowest BCUT2D eigenvalue weighted by atomic mass is 9.79. The SMILES string of the molecule is CC(=O)OC(C)(C)C(CCC1CCCC1)CC(C)C. The van der Waals surface area contributed by atoms with E-state index in [0.717, 1.165) is 12.3 Å². The molecule has 0 aromatic heterocycles. The van der Waals surface area contributed by atoms with E-state index in [-0.39, 0.29) is 11.6 Å². The molecule has 19 heavy (non-hydrogen) atoms. The molecule has 0 radical (unpaired) electrons. The van der Waals surface area contributed by atoms with Crippen molar-refractivity contribution in [1.82, 2.24) is 0 Å². The Morgan fingerprint density at radius 2 is 1.84 bits per heavy atom. The minimum atomic E-state index is -0.325. The molecule has 1 saturated carbocycles. The Morgan fingerprint density at radius 1 is 1.26 bits per heavy atom. The van der Waals surface area contributed by atoms with Crippen LogP contribution in [0.25, 0.3) is 0 Å². The number of carbonyl (C=O) groups excluding carboxylic acids is 1. The summed E-state index contributed by atoms with van der Waals surface area (Å²) in [5, 5.41) is 0. The van der Waals surface area contributed by atoms with Crippen molar-refractivity contribution in [1.29, 1.82) is 0 Å². The molecule has 1 atom stereocenters. The summed E-state index contributed by atoms with van der Waals surface area (Å²) in [6, 6.07) is 0. The molecule has 0 aliphatic heterocycles. The zero-order chi connectivity index (χ0) is 14.5. The van der Waals surface area contributed by atoms with Crippen molar-refractivity contribution in [2.75, 3.05) is 0 Å². The normalized spacial score (nSPS) is 18.8. The molecule has 0 spiro atoms. The van der Waals surface area contributed by atoms with E-state index in [2.05, 4.69) is 27.7 Å². The van der Waals surface area contributed by atoms with Crippen LogP contribution in [-0.2, 0) is 9.53 Å². The largest absolute Gasteiger partial charge is 0.460 e. The molecule has 1 rings (SSSR count). The van der Waals surface area contributed by atoms with Crippen LogP contribution in [0.5, 0.6) is 0 Å². The quantitative estimate of drug-likeness (QED) is 0.610. The highest BCUT2D eigenvalue weighted by molar-refractivity contribution is 5.66. The van der Waals surface area contributed by atoms with Gasteiger partial charge in [0.1, 0.15) is 5.60 Å². The van der Waals surface area contributed by atoms with Gasteiger partial charge < -0.3 is 4.74 Å². The fourth-order valence-electron chi connectivity index (χ4n) is 3.51. The Morgan fingerprint density at radius 3 is 2.32 bits per heavy atom. The van der Waals surface area contributed by atoms with Crippen LogP contribution in [0.2, 0.25) is 0 Å². The van der Waals surface area contributed by atoms with Gasteiger partial charge in [0.15, 0.2) is 0 Å². The van der Waals surface area contributed by atoms with Crippen LogP contribution >= 0.6 is 0 Å². The first-order chi connectivity index (χ1) is 8.81. The van der Waals surface area contributed by atoms with Crippen molar-refractivity contribution in [2.24, 2.45) is 17.8 Å². The van der Waals surface area contributed by atoms with E-state index in [1.807, 2.05) is 0 Å². The molecule has 2 nitrogen and oxygen atoms in total. The molecule has 2 heteroatoms. The Hall–Kier alpha value is -0.530. The van der Waals surface area contributed by atoms with Gasteiger partial charge in [-0.3, -0.25) is 4.79 Å². The van der Waals surface area contributed by atoms with Gasteiger partial charge in [0.25, 0.3) is 0 Å². The summed E-state index contributed by atoms with van der Waals surface area (Å²) in [4.78, 5) is 11.3. The van der Waals surface area contributed by atoms with Crippen molar-refractivity contribution < 1.29 is 9.53 Å². The molecular formula is C17H32O2. The molecule has 1 aliphatic carbocycles. The van der Waals surface area contributed by atoms with Crippen LogP contribution in [0.15, 0.2) is 0 Å². The molecule has 0 bridgehead atoms. The third kappa shape index (κ3) is 5.97. The summed E-state index contributed by atoms with van der Waals surface area (Å²) < 4.78 is 5.58. The average Bonchev–Trinajstić information content (AvgIpc) is 2.74. The highest BCUT2D eigenvalue weighted by atomic mass is 16.6. The molecule has 112 valence electrons. The van der Waals surface area contributed by atoms with Crippen LogP contribution in [0.3, 0.4) is 0 Å². The standard InChI is InChI=1S/C17H32O2/c1-13(2)12-16(17(4,5)19-14(3)18)11-10-15-8-6-7-9-15/h13,15-16H,6-12H2,1-5H3. The van der Waals surface area contributed by atoms with Gasteiger partial charge >= 0.3 is 5.97 Å².